The Kier molecular flexibility index (Phi) is 5.03. The van der Waals surface area contributed by atoms with Crippen molar-refractivity contribution in [2.75, 3.05) is 34.3 Å². The maximum atomic E-state index is 13.5. The summed E-state index contributed by atoms with van der Waals surface area (Å²) < 4.78 is 5.30. The highest BCUT2D eigenvalue weighted by Crippen LogP contribution is 2.53. The summed E-state index contributed by atoms with van der Waals surface area (Å²) in [7, 11) is 4.75. The molecule has 3 saturated heterocycles. The van der Waals surface area contributed by atoms with Gasteiger partial charge in [0.25, 0.3) is 0 Å². The molecule has 0 saturated carbocycles. The third kappa shape index (κ3) is 2.66. The van der Waals surface area contributed by atoms with E-state index in [1.165, 1.54) is 19.1 Å². The number of benzene rings is 1. The van der Waals surface area contributed by atoms with Crippen LogP contribution in [0.15, 0.2) is 35.3 Å². The molecule has 3 aliphatic rings. The average Bonchev–Trinajstić information content (AvgIpc) is 3.30. The van der Waals surface area contributed by atoms with Crippen molar-refractivity contribution in [1.29, 1.82) is 0 Å². The highest BCUT2D eigenvalue weighted by molar-refractivity contribution is 6.11. The third-order valence-corrected chi connectivity index (χ3v) is 6.61. The fourth-order valence-corrected chi connectivity index (χ4v) is 5.38. The number of ether oxygens (including phenoxy) is 1. The number of amides is 2. The Labute approximate surface area is 176 Å². The summed E-state index contributed by atoms with van der Waals surface area (Å²) in [6.07, 6.45) is 1.12. The predicted octanol–water partition coefficient (Wildman–Crippen LogP) is 0.768. The number of carbonyl (C=O) groups excluding carboxylic acids is 3. The number of imide groups is 1. The van der Waals surface area contributed by atoms with Crippen molar-refractivity contribution < 1.29 is 19.1 Å². The van der Waals surface area contributed by atoms with Crippen molar-refractivity contribution in [2.45, 2.75) is 31.3 Å². The molecule has 4 atom stereocenters. The van der Waals surface area contributed by atoms with Gasteiger partial charge in [0.1, 0.15) is 0 Å². The van der Waals surface area contributed by atoms with Gasteiger partial charge < -0.3 is 14.5 Å². The van der Waals surface area contributed by atoms with Gasteiger partial charge in [-0.25, -0.2) is 4.79 Å². The standard InChI is InChI=1S/C22H28N4O4/c1-5-11-23-21-24(2)13-15-16-17(19(28)25(3)18(16)27)22(26(15)21,20(29)30-4)12-14-9-7-6-8-10-14/h6-10,15-17H,5,11-13H2,1-4H3/t15-,16+,17-,22-/m1/s1. The molecule has 0 spiro atoms. The number of hydrogen-bond donors (Lipinski definition) is 0. The second-order valence-corrected chi connectivity index (χ2v) is 8.32. The van der Waals surface area contributed by atoms with Gasteiger partial charge in [0.2, 0.25) is 11.8 Å². The van der Waals surface area contributed by atoms with Crippen LogP contribution in [0.2, 0.25) is 0 Å². The highest BCUT2D eigenvalue weighted by atomic mass is 16.5. The summed E-state index contributed by atoms with van der Waals surface area (Å²) >= 11 is 0. The minimum atomic E-state index is -1.32. The summed E-state index contributed by atoms with van der Waals surface area (Å²) in [6.45, 7) is 3.17. The lowest BCUT2D eigenvalue weighted by molar-refractivity contribution is -0.157. The van der Waals surface area contributed by atoms with Crippen molar-refractivity contribution in [3.8, 4) is 0 Å². The van der Waals surface area contributed by atoms with E-state index >= 15 is 0 Å². The normalized spacial score (nSPS) is 31.5. The van der Waals surface area contributed by atoms with Gasteiger partial charge in [-0.15, -0.1) is 0 Å². The van der Waals surface area contributed by atoms with E-state index in [4.69, 9.17) is 9.73 Å². The molecule has 0 bridgehead atoms. The van der Waals surface area contributed by atoms with Gasteiger partial charge in [-0.05, 0) is 12.0 Å². The maximum absolute atomic E-state index is 13.5. The molecule has 1 aromatic carbocycles. The largest absolute Gasteiger partial charge is 0.467 e. The first kappa shape index (κ1) is 20.4. The Hall–Kier alpha value is -2.90. The van der Waals surface area contributed by atoms with Crippen molar-refractivity contribution in [1.82, 2.24) is 14.7 Å². The Balaban J connectivity index is 1.94. The van der Waals surface area contributed by atoms with E-state index in [1.807, 2.05) is 54.1 Å². The lowest BCUT2D eigenvalue weighted by atomic mass is 9.76. The second-order valence-electron chi connectivity index (χ2n) is 8.32. The van der Waals surface area contributed by atoms with E-state index in [9.17, 15) is 14.4 Å². The highest BCUT2D eigenvalue weighted by Gasteiger charge is 2.74. The summed E-state index contributed by atoms with van der Waals surface area (Å²) in [6, 6.07) is 9.27. The van der Waals surface area contributed by atoms with Crippen molar-refractivity contribution in [3.63, 3.8) is 0 Å². The Morgan fingerprint density at radius 1 is 1.20 bits per heavy atom. The van der Waals surface area contributed by atoms with Crippen LogP contribution in [0.4, 0.5) is 0 Å². The zero-order valence-corrected chi connectivity index (χ0v) is 17.9. The molecule has 0 unspecified atom stereocenters. The van der Waals surface area contributed by atoms with Gasteiger partial charge in [0.15, 0.2) is 11.5 Å². The van der Waals surface area contributed by atoms with Gasteiger partial charge in [0, 0.05) is 33.6 Å². The van der Waals surface area contributed by atoms with E-state index in [-0.39, 0.29) is 24.3 Å². The molecule has 30 heavy (non-hydrogen) atoms. The van der Waals surface area contributed by atoms with Gasteiger partial charge in [-0.1, -0.05) is 37.3 Å². The molecule has 0 aliphatic carbocycles. The number of aliphatic imine (C=N–C) groups is 1. The molecule has 0 aromatic heterocycles. The van der Waals surface area contributed by atoms with Crippen LogP contribution in [0.5, 0.6) is 0 Å². The summed E-state index contributed by atoms with van der Waals surface area (Å²) in [4.78, 5) is 49.7. The average molecular weight is 412 g/mol. The molecule has 1 aromatic rings. The lowest BCUT2D eigenvalue weighted by Gasteiger charge is -2.40. The topological polar surface area (TPSA) is 82.5 Å². The first-order valence-corrected chi connectivity index (χ1v) is 10.4. The Morgan fingerprint density at radius 2 is 1.90 bits per heavy atom. The monoisotopic (exact) mass is 412 g/mol. The van der Waals surface area contributed by atoms with Crippen molar-refractivity contribution in [3.05, 3.63) is 35.9 Å². The molecule has 160 valence electrons. The third-order valence-electron chi connectivity index (χ3n) is 6.61. The maximum Gasteiger partial charge on any atom is 0.333 e. The quantitative estimate of drug-likeness (QED) is 0.525. The van der Waals surface area contributed by atoms with Crippen LogP contribution in [-0.2, 0) is 25.5 Å². The number of esters is 1. The first-order valence-electron chi connectivity index (χ1n) is 10.4. The lowest BCUT2D eigenvalue weighted by Crippen LogP contribution is -2.61. The number of likely N-dealkylation sites (tertiary alicyclic amines) is 1. The van der Waals surface area contributed by atoms with Gasteiger partial charge in [-0.2, -0.15) is 0 Å². The first-order chi connectivity index (χ1) is 14.4. The summed E-state index contributed by atoms with van der Waals surface area (Å²) in [5.41, 5.74) is -0.415. The minimum Gasteiger partial charge on any atom is -0.467 e. The molecule has 2 amide bonds. The van der Waals surface area contributed by atoms with Crippen LogP contribution in [0, 0.1) is 11.8 Å². The zero-order chi connectivity index (χ0) is 21.6. The van der Waals surface area contributed by atoms with Crippen LogP contribution >= 0.6 is 0 Å². The SMILES string of the molecule is CCCN=C1N(C)C[C@@H]2[C@@H]3C(=O)N(C)C(=O)[C@@H]3[C@](Cc3ccccc3)(C(=O)OC)N12. The number of rotatable bonds is 5. The molecule has 3 fully saturated rings. The number of hydrogen-bond acceptors (Lipinski definition) is 5. The van der Waals surface area contributed by atoms with Gasteiger partial charge in [-0.3, -0.25) is 19.5 Å². The van der Waals surface area contributed by atoms with E-state index in [0.717, 1.165) is 12.0 Å². The molecule has 3 aliphatic heterocycles. The fourth-order valence-electron chi connectivity index (χ4n) is 5.38. The zero-order valence-electron chi connectivity index (χ0n) is 17.9. The molecule has 8 nitrogen and oxygen atoms in total. The van der Waals surface area contributed by atoms with Gasteiger partial charge in [0.05, 0.1) is 25.0 Å². The van der Waals surface area contributed by atoms with Crippen LogP contribution in [-0.4, -0.2) is 84.3 Å². The Bertz CT molecular complexity index is 902. The van der Waals surface area contributed by atoms with Crippen LogP contribution in [0.25, 0.3) is 0 Å². The molecule has 0 radical (unpaired) electrons. The van der Waals surface area contributed by atoms with E-state index < -0.39 is 23.3 Å². The van der Waals surface area contributed by atoms with E-state index in [0.29, 0.717) is 19.0 Å². The molecule has 8 heteroatoms. The van der Waals surface area contributed by atoms with E-state index in [2.05, 4.69) is 0 Å². The van der Waals surface area contributed by atoms with Crippen LogP contribution < -0.4 is 0 Å². The molecular formula is C22H28N4O4. The number of nitrogens with zero attached hydrogens (tertiary/aromatic N) is 4. The van der Waals surface area contributed by atoms with E-state index in [1.54, 1.807) is 0 Å². The molecular weight excluding hydrogens is 384 g/mol. The molecule has 4 rings (SSSR count). The smallest absolute Gasteiger partial charge is 0.333 e. The Morgan fingerprint density at radius 3 is 2.53 bits per heavy atom. The minimum absolute atomic E-state index is 0.232. The second kappa shape index (κ2) is 7.41. The predicted molar refractivity (Wildman–Crippen MR) is 111 cm³/mol. The fraction of sp³-hybridized carbons (Fsp3) is 0.545. The summed E-state index contributed by atoms with van der Waals surface area (Å²) in [5, 5.41) is 0. The number of methoxy groups -OCH3 is 1. The number of carbonyl (C=O) groups is 3. The van der Waals surface area contributed by atoms with Crippen LogP contribution in [0.1, 0.15) is 18.9 Å². The van der Waals surface area contributed by atoms with Crippen molar-refractivity contribution in [2.24, 2.45) is 16.8 Å². The number of guanidine groups is 1. The van der Waals surface area contributed by atoms with Crippen LogP contribution in [0.3, 0.4) is 0 Å². The van der Waals surface area contributed by atoms with Crippen molar-refractivity contribution >= 4 is 23.7 Å². The number of likely N-dealkylation sites (N-methyl/N-ethyl adjacent to an activating group) is 1. The number of fused-ring (bicyclic) bond motifs is 3. The molecule has 3 heterocycles. The molecule has 0 N–H and O–H groups in total. The van der Waals surface area contributed by atoms with Gasteiger partial charge >= 0.3 is 5.97 Å². The summed E-state index contributed by atoms with van der Waals surface area (Å²) in [5.74, 6) is -1.79.